The second kappa shape index (κ2) is 3.26. The van der Waals surface area contributed by atoms with E-state index in [1.54, 1.807) is 0 Å². The van der Waals surface area contributed by atoms with Gasteiger partial charge >= 0.3 is 5.97 Å². The zero-order valence-corrected chi connectivity index (χ0v) is 8.02. The topological polar surface area (TPSA) is 56.5 Å². The average Bonchev–Trinajstić information content (AvgIpc) is 2.59. The van der Waals surface area contributed by atoms with Crippen LogP contribution in [0.25, 0.3) is 5.52 Å². The lowest BCUT2D eigenvalue weighted by atomic mass is 10.3. The quantitative estimate of drug-likeness (QED) is 0.665. The van der Waals surface area contributed by atoms with Crippen molar-refractivity contribution in [3.05, 3.63) is 29.3 Å². The number of methoxy groups -OCH3 is 1. The first kappa shape index (κ1) is 8.96. The van der Waals surface area contributed by atoms with Gasteiger partial charge in [-0.3, -0.25) is 0 Å². The number of halogens is 1. The van der Waals surface area contributed by atoms with Gasteiger partial charge in [0.2, 0.25) is 0 Å². The molecule has 2 heterocycles. The number of nitrogens with zero attached hydrogens (tertiary/aromatic N) is 3. The maximum atomic E-state index is 11.2. The lowest BCUT2D eigenvalue weighted by molar-refractivity contribution is 0.0603. The van der Waals surface area contributed by atoms with Gasteiger partial charge < -0.3 is 4.74 Å². The van der Waals surface area contributed by atoms with Gasteiger partial charge in [-0.15, -0.1) is 0 Å². The molecule has 0 aliphatic rings. The molecule has 2 aromatic rings. The van der Waals surface area contributed by atoms with E-state index in [1.165, 1.54) is 30.2 Å². The molecular weight excluding hydrogens is 206 g/mol. The number of aromatic nitrogens is 3. The molecular formula is C8H6ClN3O2. The van der Waals surface area contributed by atoms with Crippen molar-refractivity contribution in [2.45, 2.75) is 0 Å². The molecule has 2 rings (SSSR count). The Hall–Kier alpha value is -1.62. The summed E-state index contributed by atoms with van der Waals surface area (Å²) in [7, 11) is 1.31. The lowest BCUT2D eigenvalue weighted by Crippen LogP contribution is -2.00. The van der Waals surface area contributed by atoms with Crippen LogP contribution in [0.4, 0.5) is 0 Å². The first-order valence-corrected chi connectivity index (χ1v) is 4.17. The van der Waals surface area contributed by atoms with Gasteiger partial charge in [0, 0.05) is 0 Å². The molecule has 2 aromatic heterocycles. The zero-order valence-electron chi connectivity index (χ0n) is 7.27. The van der Waals surface area contributed by atoms with Crippen LogP contribution in [0.5, 0.6) is 0 Å². The Morgan fingerprint density at radius 2 is 2.36 bits per heavy atom. The first-order valence-electron chi connectivity index (χ1n) is 3.79. The van der Waals surface area contributed by atoms with Gasteiger partial charge in [-0.05, 0) is 0 Å². The Balaban J connectivity index is 2.64. The molecule has 0 aromatic carbocycles. The molecule has 0 aliphatic heterocycles. The highest BCUT2D eigenvalue weighted by Crippen LogP contribution is 2.12. The van der Waals surface area contributed by atoms with Crippen molar-refractivity contribution in [3.63, 3.8) is 0 Å². The SMILES string of the molecule is COC(=O)c1cnn2cc(Cl)ncc12. The maximum absolute atomic E-state index is 11.2. The van der Waals surface area contributed by atoms with Crippen LogP contribution in [-0.2, 0) is 4.74 Å². The van der Waals surface area contributed by atoms with Crippen LogP contribution < -0.4 is 0 Å². The maximum Gasteiger partial charge on any atom is 0.341 e. The molecule has 0 saturated carbocycles. The minimum Gasteiger partial charge on any atom is -0.465 e. The summed E-state index contributed by atoms with van der Waals surface area (Å²) in [4.78, 5) is 15.1. The Labute approximate surface area is 84.3 Å². The second-order valence-electron chi connectivity index (χ2n) is 2.59. The van der Waals surface area contributed by atoms with Crippen LogP contribution in [0.2, 0.25) is 5.15 Å². The van der Waals surface area contributed by atoms with Crippen LogP contribution in [0, 0.1) is 0 Å². The lowest BCUT2D eigenvalue weighted by Gasteiger charge is -1.96. The molecule has 0 bridgehead atoms. The van der Waals surface area contributed by atoms with Gasteiger partial charge in [0.1, 0.15) is 10.7 Å². The van der Waals surface area contributed by atoms with Gasteiger partial charge in [-0.1, -0.05) is 11.6 Å². The first-order chi connectivity index (χ1) is 6.72. The summed E-state index contributed by atoms with van der Waals surface area (Å²) in [5.74, 6) is -0.441. The van der Waals surface area contributed by atoms with Gasteiger partial charge in [0.15, 0.2) is 0 Å². The number of carbonyl (C=O) groups is 1. The third kappa shape index (κ3) is 1.31. The van der Waals surface area contributed by atoms with Crippen molar-refractivity contribution in [3.8, 4) is 0 Å². The van der Waals surface area contributed by atoms with E-state index in [2.05, 4.69) is 14.8 Å². The van der Waals surface area contributed by atoms with Gasteiger partial charge in [-0.2, -0.15) is 5.10 Å². The average molecular weight is 212 g/mol. The van der Waals surface area contributed by atoms with Crippen LogP contribution in [0.15, 0.2) is 18.6 Å². The molecule has 0 aliphatic carbocycles. The van der Waals surface area contributed by atoms with Crippen molar-refractivity contribution < 1.29 is 9.53 Å². The molecule has 6 heteroatoms. The molecule has 0 saturated heterocycles. The molecule has 0 atom stereocenters. The monoisotopic (exact) mass is 211 g/mol. The smallest absolute Gasteiger partial charge is 0.341 e. The highest BCUT2D eigenvalue weighted by Gasteiger charge is 2.12. The summed E-state index contributed by atoms with van der Waals surface area (Å²) in [6.07, 6.45) is 4.41. The van der Waals surface area contributed by atoms with E-state index in [4.69, 9.17) is 11.6 Å². The van der Waals surface area contributed by atoms with E-state index in [1.807, 2.05) is 0 Å². The number of fused-ring (bicyclic) bond motifs is 1. The van der Waals surface area contributed by atoms with Crippen molar-refractivity contribution in [1.29, 1.82) is 0 Å². The molecule has 0 N–H and O–H groups in total. The number of hydrogen-bond acceptors (Lipinski definition) is 4. The minimum absolute atomic E-state index is 0.317. The number of esters is 1. The molecule has 0 radical (unpaired) electrons. The third-order valence-electron chi connectivity index (χ3n) is 1.78. The molecule has 0 fully saturated rings. The van der Waals surface area contributed by atoms with E-state index >= 15 is 0 Å². The Bertz CT molecular complexity index is 494. The summed E-state index contributed by atoms with van der Waals surface area (Å²) in [6.45, 7) is 0. The predicted octanol–water partition coefficient (Wildman–Crippen LogP) is 1.17. The summed E-state index contributed by atoms with van der Waals surface area (Å²) < 4.78 is 6.05. The summed E-state index contributed by atoms with van der Waals surface area (Å²) >= 11 is 5.65. The summed E-state index contributed by atoms with van der Waals surface area (Å²) in [5.41, 5.74) is 0.943. The second-order valence-corrected chi connectivity index (χ2v) is 2.98. The van der Waals surface area contributed by atoms with Gasteiger partial charge in [-0.25, -0.2) is 14.3 Å². The number of rotatable bonds is 1. The highest BCUT2D eigenvalue weighted by molar-refractivity contribution is 6.29. The van der Waals surface area contributed by atoms with Gasteiger partial charge in [0.05, 0.1) is 31.2 Å². The van der Waals surface area contributed by atoms with E-state index in [0.29, 0.717) is 16.2 Å². The molecule has 72 valence electrons. The van der Waals surface area contributed by atoms with Crippen LogP contribution in [-0.4, -0.2) is 27.7 Å². The fraction of sp³-hybridized carbons (Fsp3) is 0.125. The van der Waals surface area contributed by atoms with E-state index in [0.717, 1.165) is 0 Å². The van der Waals surface area contributed by atoms with Crippen molar-refractivity contribution in [2.24, 2.45) is 0 Å². The molecule has 0 spiro atoms. The largest absolute Gasteiger partial charge is 0.465 e. The zero-order chi connectivity index (χ0) is 10.1. The summed E-state index contributed by atoms with van der Waals surface area (Å²) in [6, 6.07) is 0. The van der Waals surface area contributed by atoms with Crippen molar-refractivity contribution in [1.82, 2.24) is 14.6 Å². The minimum atomic E-state index is -0.441. The van der Waals surface area contributed by atoms with E-state index in [9.17, 15) is 4.79 Å². The molecule has 5 nitrogen and oxygen atoms in total. The van der Waals surface area contributed by atoms with E-state index in [-0.39, 0.29) is 0 Å². The van der Waals surface area contributed by atoms with Gasteiger partial charge in [0.25, 0.3) is 0 Å². The van der Waals surface area contributed by atoms with Crippen molar-refractivity contribution >= 4 is 23.1 Å². The third-order valence-corrected chi connectivity index (χ3v) is 1.97. The number of ether oxygens (including phenoxy) is 1. The Morgan fingerprint density at radius 1 is 1.57 bits per heavy atom. The standard InChI is InChI=1S/C8H6ClN3O2/c1-14-8(13)5-2-11-12-4-7(9)10-3-6(5)12/h2-4H,1H3. The van der Waals surface area contributed by atoms with Crippen LogP contribution >= 0.6 is 11.6 Å². The predicted molar refractivity (Wildman–Crippen MR) is 49.3 cm³/mol. The van der Waals surface area contributed by atoms with Crippen LogP contribution in [0.1, 0.15) is 10.4 Å². The number of hydrogen-bond donors (Lipinski definition) is 0. The van der Waals surface area contributed by atoms with Crippen molar-refractivity contribution in [2.75, 3.05) is 7.11 Å². The molecule has 14 heavy (non-hydrogen) atoms. The fourth-order valence-electron chi connectivity index (χ4n) is 1.13. The highest BCUT2D eigenvalue weighted by atomic mass is 35.5. The normalized spacial score (nSPS) is 10.4. The molecule has 0 unspecified atom stereocenters. The molecule has 0 amide bonds. The van der Waals surface area contributed by atoms with Crippen LogP contribution in [0.3, 0.4) is 0 Å². The van der Waals surface area contributed by atoms with E-state index < -0.39 is 5.97 Å². The summed E-state index contributed by atoms with van der Waals surface area (Å²) in [5, 5.41) is 4.26. The fourth-order valence-corrected chi connectivity index (χ4v) is 1.27. The Morgan fingerprint density at radius 3 is 3.07 bits per heavy atom. The number of carbonyl (C=O) groups excluding carboxylic acids is 1. The Kier molecular flexibility index (Phi) is 2.09.